The number of H-pyrrole nitrogens is 1. The molecule has 0 unspecified atom stereocenters. The van der Waals surface area contributed by atoms with Crippen molar-refractivity contribution < 1.29 is 4.39 Å². The Morgan fingerprint density at radius 3 is 2.82 bits per heavy atom. The lowest BCUT2D eigenvalue weighted by Crippen LogP contribution is -2.39. The van der Waals surface area contributed by atoms with Gasteiger partial charge < -0.3 is 15.6 Å². The SMILES string of the molecule is CN=C(NCCSC)NCCc1c[nH]c2cc(F)ccc12.I. The number of thioether (sulfide) groups is 1. The summed E-state index contributed by atoms with van der Waals surface area (Å²) in [5, 5.41) is 7.61. The zero-order chi connectivity index (χ0) is 15.1. The lowest BCUT2D eigenvalue weighted by molar-refractivity contribution is 0.629. The number of aromatic amines is 1. The number of rotatable bonds is 6. The Morgan fingerprint density at radius 1 is 1.32 bits per heavy atom. The standard InChI is InChI=1S/C15H21FN4S.HI/c1-17-15(19-7-8-21-2)18-6-5-11-10-20-14-9-12(16)3-4-13(11)14;/h3-4,9-10,20H,5-8H2,1-2H3,(H2,17,18,19);1H. The second kappa shape index (κ2) is 9.94. The predicted octanol–water partition coefficient (Wildman–Crippen LogP) is 3.00. The first-order chi connectivity index (χ1) is 10.2. The number of hydrogen-bond acceptors (Lipinski definition) is 2. The summed E-state index contributed by atoms with van der Waals surface area (Å²) in [5.74, 6) is 1.65. The molecule has 3 N–H and O–H groups in total. The van der Waals surface area contributed by atoms with Crippen LogP contribution in [0, 0.1) is 5.82 Å². The molecule has 0 aliphatic heterocycles. The Labute approximate surface area is 151 Å². The third-order valence-electron chi connectivity index (χ3n) is 3.24. The summed E-state index contributed by atoms with van der Waals surface area (Å²) >= 11 is 1.80. The van der Waals surface area contributed by atoms with Gasteiger partial charge in [-0.05, 0) is 36.4 Å². The van der Waals surface area contributed by atoms with Crippen molar-refractivity contribution >= 4 is 52.6 Å². The summed E-state index contributed by atoms with van der Waals surface area (Å²) in [6.07, 6.45) is 4.88. The second-order valence-corrected chi connectivity index (χ2v) is 5.66. The first-order valence-corrected chi connectivity index (χ1v) is 8.33. The zero-order valence-electron chi connectivity index (χ0n) is 12.8. The van der Waals surface area contributed by atoms with Crippen molar-refractivity contribution in [2.24, 2.45) is 4.99 Å². The summed E-state index contributed by atoms with van der Waals surface area (Å²) in [6, 6.07) is 4.84. The molecule has 0 saturated carbocycles. The molecule has 0 spiro atoms. The Morgan fingerprint density at radius 2 is 2.09 bits per heavy atom. The Hall–Kier alpha value is -0.960. The lowest BCUT2D eigenvalue weighted by atomic mass is 10.1. The molecule has 0 aliphatic rings. The maximum absolute atomic E-state index is 13.1. The minimum absolute atomic E-state index is 0. The van der Waals surface area contributed by atoms with Crippen LogP contribution in [0.2, 0.25) is 0 Å². The van der Waals surface area contributed by atoms with E-state index in [2.05, 4.69) is 26.9 Å². The van der Waals surface area contributed by atoms with Crippen molar-refractivity contribution in [1.82, 2.24) is 15.6 Å². The normalized spacial score (nSPS) is 11.3. The van der Waals surface area contributed by atoms with Gasteiger partial charge in [-0.25, -0.2) is 4.39 Å². The summed E-state index contributed by atoms with van der Waals surface area (Å²) in [5.41, 5.74) is 2.02. The molecule has 2 aromatic rings. The van der Waals surface area contributed by atoms with E-state index in [1.807, 2.05) is 12.3 Å². The van der Waals surface area contributed by atoms with E-state index in [1.165, 1.54) is 17.7 Å². The van der Waals surface area contributed by atoms with Crippen molar-refractivity contribution in [1.29, 1.82) is 0 Å². The number of fused-ring (bicyclic) bond motifs is 1. The minimum atomic E-state index is -0.215. The highest BCUT2D eigenvalue weighted by molar-refractivity contribution is 14.0. The third-order valence-corrected chi connectivity index (χ3v) is 3.85. The lowest BCUT2D eigenvalue weighted by Gasteiger charge is -2.11. The van der Waals surface area contributed by atoms with Crippen molar-refractivity contribution in [3.8, 4) is 0 Å². The molecule has 4 nitrogen and oxygen atoms in total. The van der Waals surface area contributed by atoms with E-state index in [9.17, 15) is 4.39 Å². The molecule has 122 valence electrons. The van der Waals surface area contributed by atoms with E-state index in [1.54, 1.807) is 18.8 Å². The molecule has 0 radical (unpaired) electrons. The van der Waals surface area contributed by atoms with Crippen molar-refractivity contribution in [3.63, 3.8) is 0 Å². The summed E-state index contributed by atoms with van der Waals surface area (Å²) < 4.78 is 13.1. The molecule has 1 heterocycles. The first kappa shape index (κ1) is 19.1. The number of halogens is 2. The van der Waals surface area contributed by atoms with E-state index in [0.717, 1.165) is 42.1 Å². The fraction of sp³-hybridized carbons (Fsp3) is 0.400. The number of nitrogens with zero attached hydrogens (tertiary/aromatic N) is 1. The molecule has 22 heavy (non-hydrogen) atoms. The van der Waals surface area contributed by atoms with Crippen LogP contribution >= 0.6 is 35.7 Å². The number of nitrogens with one attached hydrogen (secondary N) is 3. The third kappa shape index (κ3) is 5.35. The molecule has 0 fully saturated rings. The van der Waals surface area contributed by atoms with Gasteiger partial charge in [0.1, 0.15) is 5.82 Å². The van der Waals surface area contributed by atoms with Gasteiger partial charge in [0.25, 0.3) is 0 Å². The average molecular weight is 436 g/mol. The maximum atomic E-state index is 13.1. The summed E-state index contributed by atoms with van der Waals surface area (Å²) in [7, 11) is 1.77. The monoisotopic (exact) mass is 436 g/mol. The largest absolute Gasteiger partial charge is 0.361 e. The van der Waals surface area contributed by atoms with Crippen molar-refractivity contribution in [2.75, 3.05) is 32.1 Å². The average Bonchev–Trinajstić information content (AvgIpc) is 2.88. The highest BCUT2D eigenvalue weighted by atomic mass is 127. The van der Waals surface area contributed by atoms with Crippen molar-refractivity contribution in [2.45, 2.75) is 6.42 Å². The Balaban J connectivity index is 0.00000242. The van der Waals surface area contributed by atoms with Crippen LogP contribution in [0.4, 0.5) is 4.39 Å². The predicted molar refractivity (Wildman–Crippen MR) is 105 cm³/mol. The summed E-state index contributed by atoms with van der Waals surface area (Å²) in [6.45, 7) is 1.68. The van der Waals surface area contributed by atoms with Crippen LogP contribution < -0.4 is 10.6 Å². The van der Waals surface area contributed by atoms with Gasteiger partial charge in [-0.2, -0.15) is 11.8 Å². The Kier molecular flexibility index (Phi) is 8.62. The minimum Gasteiger partial charge on any atom is -0.361 e. The van der Waals surface area contributed by atoms with Crippen LogP contribution in [0.25, 0.3) is 10.9 Å². The van der Waals surface area contributed by atoms with Gasteiger partial charge in [0, 0.05) is 43.0 Å². The number of guanidine groups is 1. The van der Waals surface area contributed by atoms with Gasteiger partial charge in [-0.1, -0.05) is 0 Å². The van der Waals surface area contributed by atoms with Crippen LogP contribution in [0.5, 0.6) is 0 Å². The van der Waals surface area contributed by atoms with Crippen LogP contribution in [-0.2, 0) is 6.42 Å². The highest BCUT2D eigenvalue weighted by Crippen LogP contribution is 2.19. The van der Waals surface area contributed by atoms with E-state index in [0.29, 0.717) is 0 Å². The van der Waals surface area contributed by atoms with Crippen molar-refractivity contribution in [3.05, 3.63) is 35.8 Å². The molecule has 0 amide bonds. The molecule has 1 aromatic carbocycles. The highest BCUT2D eigenvalue weighted by Gasteiger charge is 2.05. The molecule has 0 atom stereocenters. The van der Waals surface area contributed by atoms with E-state index < -0.39 is 0 Å². The fourth-order valence-electron chi connectivity index (χ4n) is 2.17. The van der Waals surface area contributed by atoms with Crippen LogP contribution in [0.15, 0.2) is 29.4 Å². The van der Waals surface area contributed by atoms with Crippen LogP contribution in [-0.4, -0.2) is 43.1 Å². The Bertz CT molecular complexity index is 615. The zero-order valence-corrected chi connectivity index (χ0v) is 15.9. The van der Waals surface area contributed by atoms with Gasteiger partial charge in [0.05, 0.1) is 0 Å². The van der Waals surface area contributed by atoms with Crippen LogP contribution in [0.1, 0.15) is 5.56 Å². The molecular formula is C15H22FIN4S. The van der Waals surface area contributed by atoms with Gasteiger partial charge >= 0.3 is 0 Å². The quantitative estimate of drug-likeness (QED) is 0.283. The van der Waals surface area contributed by atoms with E-state index >= 15 is 0 Å². The van der Waals surface area contributed by atoms with E-state index in [-0.39, 0.29) is 29.8 Å². The molecule has 1 aromatic heterocycles. The van der Waals surface area contributed by atoms with Gasteiger partial charge in [0.2, 0.25) is 0 Å². The van der Waals surface area contributed by atoms with Crippen LogP contribution in [0.3, 0.4) is 0 Å². The van der Waals surface area contributed by atoms with Gasteiger partial charge in [0.15, 0.2) is 5.96 Å². The second-order valence-electron chi connectivity index (χ2n) is 4.67. The maximum Gasteiger partial charge on any atom is 0.191 e. The molecule has 2 rings (SSSR count). The van der Waals surface area contributed by atoms with Gasteiger partial charge in [-0.15, -0.1) is 24.0 Å². The van der Waals surface area contributed by atoms with Gasteiger partial charge in [-0.3, -0.25) is 4.99 Å². The number of aromatic nitrogens is 1. The molecular weight excluding hydrogens is 414 g/mol. The molecule has 7 heteroatoms. The molecule has 0 aliphatic carbocycles. The number of benzene rings is 1. The smallest absolute Gasteiger partial charge is 0.191 e. The molecule has 0 bridgehead atoms. The number of aliphatic imine (C=N–C) groups is 1. The van der Waals surface area contributed by atoms with E-state index in [4.69, 9.17) is 0 Å². The number of hydrogen-bond donors (Lipinski definition) is 3. The molecule has 0 saturated heterocycles. The topological polar surface area (TPSA) is 52.2 Å². The fourth-order valence-corrected chi connectivity index (χ4v) is 2.48. The summed E-state index contributed by atoms with van der Waals surface area (Å²) in [4.78, 5) is 7.29. The first-order valence-electron chi connectivity index (χ1n) is 6.93.